The van der Waals surface area contributed by atoms with Crippen molar-refractivity contribution in [2.24, 2.45) is 0 Å². The van der Waals surface area contributed by atoms with Crippen LogP contribution in [-0.2, 0) is 6.54 Å². The summed E-state index contributed by atoms with van der Waals surface area (Å²) >= 11 is 0. The third-order valence-electron chi connectivity index (χ3n) is 3.43. The predicted octanol–water partition coefficient (Wildman–Crippen LogP) is 4.26. The molecule has 0 atom stereocenters. The molecule has 2 aromatic rings. The third-order valence-corrected chi connectivity index (χ3v) is 3.43. The fourth-order valence-electron chi connectivity index (χ4n) is 2.15. The number of nitrogens with zero attached hydrogens (tertiary/aromatic N) is 1. The molecule has 0 bridgehead atoms. The molecule has 0 spiro atoms. The highest BCUT2D eigenvalue weighted by molar-refractivity contribution is 5.63. The third kappa shape index (κ3) is 3.84. The summed E-state index contributed by atoms with van der Waals surface area (Å²) in [4.78, 5) is 2.21. The lowest BCUT2D eigenvalue weighted by Crippen LogP contribution is -2.21. The van der Waals surface area contributed by atoms with Gasteiger partial charge in [0.25, 0.3) is 0 Å². The maximum absolute atomic E-state index is 3.44. The van der Waals surface area contributed by atoms with Crippen molar-refractivity contribution in [2.75, 3.05) is 11.9 Å². The molecule has 0 aromatic heterocycles. The van der Waals surface area contributed by atoms with Gasteiger partial charge in [-0.05, 0) is 42.3 Å². The van der Waals surface area contributed by atoms with Crippen LogP contribution < -0.4 is 10.2 Å². The molecule has 106 valence electrons. The molecule has 2 aromatic carbocycles. The van der Waals surface area contributed by atoms with Crippen LogP contribution in [0.4, 0.5) is 11.4 Å². The Labute approximate surface area is 122 Å². The molecule has 1 N–H and O–H groups in total. The van der Waals surface area contributed by atoms with Gasteiger partial charge < -0.3 is 10.2 Å². The molecular formula is C18H24N2. The number of benzene rings is 2. The van der Waals surface area contributed by atoms with Gasteiger partial charge in [0.1, 0.15) is 0 Å². The first-order valence-corrected chi connectivity index (χ1v) is 7.19. The van der Waals surface area contributed by atoms with Gasteiger partial charge in [-0.25, -0.2) is 0 Å². The van der Waals surface area contributed by atoms with Crippen LogP contribution in [0, 0.1) is 6.92 Å². The van der Waals surface area contributed by atoms with E-state index in [4.69, 9.17) is 0 Å². The Morgan fingerprint density at radius 2 is 1.70 bits per heavy atom. The Morgan fingerprint density at radius 3 is 2.30 bits per heavy atom. The van der Waals surface area contributed by atoms with Crippen LogP contribution in [0.15, 0.2) is 48.5 Å². The van der Waals surface area contributed by atoms with Crippen molar-refractivity contribution in [3.05, 3.63) is 59.7 Å². The average Bonchev–Trinajstić information content (AvgIpc) is 2.45. The molecule has 2 heteroatoms. The van der Waals surface area contributed by atoms with Crippen molar-refractivity contribution in [1.82, 2.24) is 5.32 Å². The molecule has 20 heavy (non-hydrogen) atoms. The maximum atomic E-state index is 3.44. The van der Waals surface area contributed by atoms with E-state index in [1.165, 1.54) is 22.5 Å². The molecule has 0 radical (unpaired) electrons. The van der Waals surface area contributed by atoms with Crippen molar-refractivity contribution < 1.29 is 0 Å². The second-order valence-electron chi connectivity index (χ2n) is 5.60. The van der Waals surface area contributed by atoms with Crippen LogP contribution in [0.3, 0.4) is 0 Å². The number of hydrogen-bond donors (Lipinski definition) is 1. The van der Waals surface area contributed by atoms with Gasteiger partial charge in [-0.15, -0.1) is 0 Å². The van der Waals surface area contributed by atoms with E-state index in [1.54, 1.807) is 0 Å². The molecule has 0 saturated carbocycles. The first-order valence-electron chi connectivity index (χ1n) is 7.19. The van der Waals surface area contributed by atoms with E-state index in [1.807, 2.05) is 0 Å². The van der Waals surface area contributed by atoms with Crippen LogP contribution in [0.1, 0.15) is 25.0 Å². The molecule has 0 saturated heterocycles. The minimum atomic E-state index is 0.518. The lowest BCUT2D eigenvalue weighted by Gasteiger charge is -2.20. The molecule has 0 aliphatic carbocycles. The monoisotopic (exact) mass is 268 g/mol. The number of nitrogens with one attached hydrogen (secondary N) is 1. The van der Waals surface area contributed by atoms with Crippen LogP contribution in [0.5, 0.6) is 0 Å². The highest BCUT2D eigenvalue weighted by atomic mass is 15.1. The summed E-state index contributed by atoms with van der Waals surface area (Å²) < 4.78 is 0. The van der Waals surface area contributed by atoms with Gasteiger partial charge in [-0.2, -0.15) is 0 Å². The summed E-state index contributed by atoms with van der Waals surface area (Å²) in [5.41, 5.74) is 5.04. The van der Waals surface area contributed by atoms with Crippen molar-refractivity contribution in [3.8, 4) is 0 Å². The van der Waals surface area contributed by atoms with Crippen LogP contribution >= 0.6 is 0 Å². The number of anilines is 2. The second-order valence-corrected chi connectivity index (χ2v) is 5.60. The lowest BCUT2D eigenvalue weighted by atomic mass is 10.1. The molecule has 0 heterocycles. The van der Waals surface area contributed by atoms with Gasteiger partial charge in [-0.1, -0.05) is 38.1 Å². The van der Waals surface area contributed by atoms with E-state index in [0.29, 0.717) is 6.04 Å². The van der Waals surface area contributed by atoms with Gasteiger partial charge in [0.15, 0.2) is 0 Å². The quantitative estimate of drug-likeness (QED) is 0.871. The zero-order valence-corrected chi connectivity index (χ0v) is 12.9. The Balaban J connectivity index is 2.09. The summed E-state index contributed by atoms with van der Waals surface area (Å²) in [7, 11) is 2.11. The van der Waals surface area contributed by atoms with Gasteiger partial charge in [0, 0.05) is 31.0 Å². The van der Waals surface area contributed by atoms with Crippen molar-refractivity contribution in [1.29, 1.82) is 0 Å². The topological polar surface area (TPSA) is 15.3 Å². The molecule has 2 nitrogen and oxygen atoms in total. The Hall–Kier alpha value is -1.80. The van der Waals surface area contributed by atoms with E-state index in [9.17, 15) is 0 Å². The first kappa shape index (κ1) is 14.6. The summed E-state index contributed by atoms with van der Waals surface area (Å²) in [6.45, 7) is 7.38. The average molecular weight is 268 g/mol. The smallest absolute Gasteiger partial charge is 0.0410 e. The van der Waals surface area contributed by atoms with Crippen LogP contribution in [-0.4, -0.2) is 13.1 Å². The number of hydrogen-bond acceptors (Lipinski definition) is 2. The summed E-state index contributed by atoms with van der Waals surface area (Å²) in [6, 6.07) is 17.8. The fraction of sp³-hybridized carbons (Fsp3) is 0.333. The molecule has 0 aliphatic rings. The zero-order valence-electron chi connectivity index (χ0n) is 12.9. The van der Waals surface area contributed by atoms with Gasteiger partial charge in [-0.3, -0.25) is 0 Å². The first-order chi connectivity index (χ1) is 9.56. The molecule has 0 aliphatic heterocycles. The predicted molar refractivity (Wildman–Crippen MR) is 87.7 cm³/mol. The Morgan fingerprint density at radius 1 is 1.00 bits per heavy atom. The maximum Gasteiger partial charge on any atom is 0.0410 e. The van der Waals surface area contributed by atoms with Gasteiger partial charge in [0.05, 0.1) is 0 Å². The van der Waals surface area contributed by atoms with E-state index in [0.717, 1.165) is 6.54 Å². The number of aryl methyl sites for hydroxylation is 1. The fourth-order valence-corrected chi connectivity index (χ4v) is 2.15. The van der Waals surface area contributed by atoms with Crippen molar-refractivity contribution in [3.63, 3.8) is 0 Å². The largest absolute Gasteiger partial charge is 0.345 e. The minimum Gasteiger partial charge on any atom is -0.345 e. The SMILES string of the molecule is Cc1cccc(N(C)c2ccc(CNC(C)C)cc2)c1. The summed E-state index contributed by atoms with van der Waals surface area (Å²) in [5.74, 6) is 0. The van der Waals surface area contributed by atoms with Gasteiger partial charge in [0.2, 0.25) is 0 Å². The zero-order chi connectivity index (χ0) is 14.5. The molecule has 2 rings (SSSR count). The second kappa shape index (κ2) is 6.58. The van der Waals surface area contributed by atoms with Gasteiger partial charge >= 0.3 is 0 Å². The van der Waals surface area contributed by atoms with Crippen molar-refractivity contribution >= 4 is 11.4 Å². The summed E-state index contributed by atoms with van der Waals surface area (Å²) in [6.07, 6.45) is 0. The van der Waals surface area contributed by atoms with E-state index < -0.39 is 0 Å². The normalized spacial score (nSPS) is 10.8. The van der Waals surface area contributed by atoms with Crippen LogP contribution in [0.25, 0.3) is 0 Å². The summed E-state index contributed by atoms with van der Waals surface area (Å²) in [5, 5.41) is 3.44. The molecule has 0 unspecified atom stereocenters. The molecular weight excluding hydrogens is 244 g/mol. The number of rotatable bonds is 5. The van der Waals surface area contributed by atoms with E-state index in [2.05, 4.69) is 86.6 Å². The Bertz CT molecular complexity index is 544. The Kier molecular flexibility index (Phi) is 4.80. The van der Waals surface area contributed by atoms with E-state index >= 15 is 0 Å². The van der Waals surface area contributed by atoms with E-state index in [-0.39, 0.29) is 0 Å². The minimum absolute atomic E-state index is 0.518. The van der Waals surface area contributed by atoms with Crippen LogP contribution in [0.2, 0.25) is 0 Å². The highest BCUT2D eigenvalue weighted by Gasteiger charge is 2.04. The lowest BCUT2D eigenvalue weighted by molar-refractivity contribution is 0.589. The molecule has 0 fully saturated rings. The molecule has 0 amide bonds. The standard InChI is InChI=1S/C18H24N2/c1-14(2)19-13-16-8-10-17(11-9-16)20(4)18-7-5-6-15(3)12-18/h5-12,14,19H,13H2,1-4H3. The highest BCUT2D eigenvalue weighted by Crippen LogP contribution is 2.24. The van der Waals surface area contributed by atoms with Crippen molar-refractivity contribution in [2.45, 2.75) is 33.4 Å².